The second kappa shape index (κ2) is 7.58. The quantitative estimate of drug-likeness (QED) is 0.625. The summed E-state index contributed by atoms with van der Waals surface area (Å²) in [6.45, 7) is 0.818. The second-order valence-corrected chi connectivity index (χ2v) is 6.55. The van der Waals surface area contributed by atoms with E-state index in [9.17, 15) is 19.7 Å². The molecule has 1 saturated heterocycles. The lowest BCUT2D eigenvalue weighted by Gasteiger charge is -2.31. The molecule has 1 fully saturated rings. The first-order valence-corrected chi connectivity index (χ1v) is 8.65. The number of nitro benzene ring substituents is 1. The van der Waals surface area contributed by atoms with Gasteiger partial charge in [-0.1, -0.05) is 12.1 Å². The number of hydrogen-bond acceptors (Lipinski definition) is 7. The lowest BCUT2D eigenvalue weighted by atomic mass is 10.2. The maximum Gasteiger partial charge on any atom is 0.306 e. The third kappa shape index (κ3) is 4.03. The molecule has 0 saturated carbocycles. The van der Waals surface area contributed by atoms with E-state index in [1.54, 1.807) is 17.5 Å². The van der Waals surface area contributed by atoms with Crippen LogP contribution in [0.5, 0.6) is 0 Å². The van der Waals surface area contributed by atoms with Crippen molar-refractivity contribution in [1.29, 1.82) is 0 Å². The zero-order valence-corrected chi connectivity index (χ0v) is 14.3. The lowest BCUT2D eigenvalue weighted by molar-refractivity contribution is -0.384. The Morgan fingerprint density at radius 2 is 2.27 bits per heavy atom. The first-order chi connectivity index (χ1) is 12.4. The zero-order chi connectivity index (χ0) is 18.7. The number of amides is 1. The minimum absolute atomic E-state index is 0.0460. The normalized spacial score (nSPS) is 17.1. The van der Waals surface area contributed by atoms with E-state index >= 15 is 0 Å². The SMILES string of the molecule is O=C(O)CC1CN(C(=O)c2csc(-c3cccc([N+](=O)[O-])c3)n2)CCO1. The van der Waals surface area contributed by atoms with E-state index < -0.39 is 17.0 Å². The van der Waals surface area contributed by atoms with Gasteiger partial charge in [-0.25, -0.2) is 4.98 Å². The third-order valence-electron chi connectivity index (χ3n) is 3.86. The Morgan fingerprint density at radius 3 is 3.00 bits per heavy atom. The van der Waals surface area contributed by atoms with Crippen LogP contribution in [0.1, 0.15) is 16.9 Å². The molecule has 10 heteroatoms. The molecule has 0 spiro atoms. The van der Waals surface area contributed by atoms with Crippen molar-refractivity contribution in [2.24, 2.45) is 0 Å². The number of ether oxygens (including phenoxy) is 1. The highest BCUT2D eigenvalue weighted by atomic mass is 32.1. The van der Waals surface area contributed by atoms with Gasteiger partial charge in [0.2, 0.25) is 0 Å². The van der Waals surface area contributed by atoms with Crippen molar-refractivity contribution in [3.8, 4) is 10.6 Å². The van der Waals surface area contributed by atoms with Crippen molar-refractivity contribution in [1.82, 2.24) is 9.88 Å². The zero-order valence-electron chi connectivity index (χ0n) is 13.5. The molecular weight excluding hydrogens is 362 g/mol. The van der Waals surface area contributed by atoms with Crippen LogP contribution >= 0.6 is 11.3 Å². The fraction of sp³-hybridized carbons (Fsp3) is 0.312. The van der Waals surface area contributed by atoms with Crippen LogP contribution in [0.15, 0.2) is 29.6 Å². The number of thiazole rings is 1. The Labute approximate surface area is 152 Å². The molecule has 3 rings (SSSR count). The third-order valence-corrected chi connectivity index (χ3v) is 4.75. The number of carbonyl (C=O) groups is 2. The maximum atomic E-state index is 12.6. The largest absolute Gasteiger partial charge is 0.481 e. The molecule has 2 heterocycles. The van der Waals surface area contributed by atoms with Crippen LogP contribution in [-0.2, 0) is 9.53 Å². The van der Waals surface area contributed by atoms with Gasteiger partial charge in [-0.2, -0.15) is 0 Å². The van der Waals surface area contributed by atoms with E-state index in [-0.39, 0.29) is 36.9 Å². The Morgan fingerprint density at radius 1 is 1.46 bits per heavy atom. The minimum atomic E-state index is -0.981. The highest BCUT2D eigenvalue weighted by molar-refractivity contribution is 7.13. The van der Waals surface area contributed by atoms with E-state index in [1.165, 1.54) is 28.4 Å². The number of hydrogen-bond donors (Lipinski definition) is 1. The van der Waals surface area contributed by atoms with Crippen molar-refractivity contribution < 1.29 is 24.4 Å². The van der Waals surface area contributed by atoms with Crippen molar-refractivity contribution >= 4 is 28.9 Å². The van der Waals surface area contributed by atoms with Crippen molar-refractivity contribution in [2.45, 2.75) is 12.5 Å². The van der Waals surface area contributed by atoms with Crippen molar-refractivity contribution in [3.63, 3.8) is 0 Å². The van der Waals surface area contributed by atoms with Gasteiger partial charge in [-0.3, -0.25) is 19.7 Å². The van der Waals surface area contributed by atoms with E-state index in [0.717, 1.165) is 0 Å². The predicted molar refractivity (Wildman–Crippen MR) is 92.1 cm³/mol. The smallest absolute Gasteiger partial charge is 0.306 e. The molecule has 1 amide bonds. The van der Waals surface area contributed by atoms with E-state index in [2.05, 4.69) is 4.98 Å². The number of morpholine rings is 1. The Balaban J connectivity index is 1.75. The average Bonchev–Trinajstić information content (AvgIpc) is 3.11. The number of rotatable bonds is 5. The number of carboxylic acid groups (broad SMARTS) is 1. The molecule has 2 aromatic rings. The fourth-order valence-electron chi connectivity index (χ4n) is 2.64. The second-order valence-electron chi connectivity index (χ2n) is 5.69. The van der Waals surface area contributed by atoms with E-state index in [4.69, 9.17) is 9.84 Å². The van der Waals surface area contributed by atoms with Crippen molar-refractivity contribution in [3.05, 3.63) is 45.5 Å². The van der Waals surface area contributed by atoms with Gasteiger partial charge in [0, 0.05) is 36.2 Å². The minimum Gasteiger partial charge on any atom is -0.481 e. The fourth-order valence-corrected chi connectivity index (χ4v) is 3.43. The summed E-state index contributed by atoms with van der Waals surface area (Å²) in [6, 6.07) is 6.05. The number of carboxylic acids is 1. The molecule has 0 aliphatic carbocycles. The number of nitro groups is 1. The first kappa shape index (κ1) is 18.0. The predicted octanol–water partition coefficient (Wildman–Crippen LogP) is 2.03. The molecule has 136 valence electrons. The van der Waals surface area contributed by atoms with Crippen LogP contribution in [-0.4, -0.2) is 57.6 Å². The molecule has 0 radical (unpaired) electrons. The molecule has 1 N–H and O–H groups in total. The van der Waals surface area contributed by atoms with Gasteiger partial charge in [0.1, 0.15) is 10.7 Å². The molecule has 1 atom stereocenters. The topological polar surface area (TPSA) is 123 Å². The number of aliphatic carboxylic acids is 1. The van der Waals surface area contributed by atoms with Gasteiger partial charge in [-0.05, 0) is 0 Å². The van der Waals surface area contributed by atoms with Crippen LogP contribution in [0.2, 0.25) is 0 Å². The lowest BCUT2D eigenvalue weighted by Crippen LogP contribution is -2.46. The van der Waals surface area contributed by atoms with Gasteiger partial charge in [0.15, 0.2) is 0 Å². The van der Waals surface area contributed by atoms with Gasteiger partial charge < -0.3 is 14.7 Å². The summed E-state index contributed by atoms with van der Waals surface area (Å²) in [5.41, 5.74) is 0.747. The molecule has 0 bridgehead atoms. The van der Waals surface area contributed by atoms with Crippen molar-refractivity contribution in [2.75, 3.05) is 19.7 Å². The standard InChI is InChI=1S/C16H15N3O6S/c20-14(21)7-12-8-18(4-5-25-12)16(22)13-9-26-15(17-13)10-2-1-3-11(6-10)19(23)24/h1-3,6,9,12H,4-5,7-8H2,(H,20,21). The van der Waals surface area contributed by atoms with E-state index in [0.29, 0.717) is 17.1 Å². The van der Waals surface area contributed by atoms with Gasteiger partial charge in [0.25, 0.3) is 11.6 Å². The Bertz CT molecular complexity index is 852. The Hall–Kier alpha value is -2.85. The van der Waals surface area contributed by atoms with Gasteiger partial charge >= 0.3 is 5.97 Å². The Kier molecular flexibility index (Phi) is 5.24. The molecule has 1 unspecified atom stereocenters. The maximum absolute atomic E-state index is 12.6. The summed E-state index contributed by atoms with van der Waals surface area (Å²) in [5.74, 6) is -1.29. The number of nitrogens with zero attached hydrogens (tertiary/aromatic N) is 3. The summed E-state index contributed by atoms with van der Waals surface area (Å²) >= 11 is 1.22. The highest BCUT2D eigenvalue weighted by Gasteiger charge is 2.28. The molecule has 26 heavy (non-hydrogen) atoms. The van der Waals surface area contributed by atoms with Gasteiger partial charge in [0.05, 0.1) is 24.1 Å². The number of carbonyl (C=O) groups excluding carboxylic acids is 1. The summed E-state index contributed by atoms with van der Waals surface area (Å²) < 4.78 is 5.36. The highest BCUT2D eigenvalue weighted by Crippen LogP contribution is 2.27. The molecule has 1 aromatic carbocycles. The van der Waals surface area contributed by atoms with Crippen LogP contribution in [0.25, 0.3) is 10.6 Å². The molecule has 1 aliphatic heterocycles. The summed E-state index contributed by atoms with van der Waals surface area (Å²) in [5, 5.41) is 21.8. The average molecular weight is 377 g/mol. The number of non-ortho nitro benzene ring substituents is 1. The van der Waals surface area contributed by atoms with Gasteiger partial charge in [-0.15, -0.1) is 11.3 Å². The molecular formula is C16H15N3O6S. The summed E-state index contributed by atoms with van der Waals surface area (Å²) in [6.07, 6.45) is -0.708. The van der Waals surface area contributed by atoms with Crippen LogP contribution in [0.4, 0.5) is 5.69 Å². The monoisotopic (exact) mass is 377 g/mol. The molecule has 1 aliphatic rings. The number of benzene rings is 1. The molecule has 9 nitrogen and oxygen atoms in total. The van der Waals surface area contributed by atoms with Crippen LogP contribution in [0.3, 0.4) is 0 Å². The summed E-state index contributed by atoms with van der Waals surface area (Å²) in [4.78, 5) is 39.6. The van der Waals surface area contributed by atoms with Crippen LogP contribution < -0.4 is 0 Å². The van der Waals surface area contributed by atoms with Crippen LogP contribution in [0, 0.1) is 10.1 Å². The molecule has 1 aromatic heterocycles. The number of aromatic nitrogens is 1. The first-order valence-electron chi connectivity index (χ1n) is 7.77. The summed E-state index contributed by atoms with van der Waals surface area (Å²) in [7, 11) is 0. The van der Waals surface area contributed by atoms with E-state index in [1.807, 2.05) is 0 Å².